The minimum atomic E-state index is -1.21. The number of rotatable bonds is 5. The summed E-state index contributed by atoms with van der Waals surface area (Å²) >= 11 is 1.46. The Hall–Kier alpha value is -2.55. The molecule has 0 saturated carbocycles. The third kappa shape index (κ3) is 3.34. The van der Waals surface area contributed by atoms with Gasteiger partial charge in [-0.1, -0.05) is 23.9 Å². The maximum Gasteiger partial charge on any atom is 0.166 e. The molecule has 0 amide bonds. The standard InChI is InChI=1S/C18H17N5O4S/c19-5-10-2-1-3-11(4-10)7-28-17-13-16(20-8-21-17)23(9-22-13)18-15(26)14(25)12(6-24)27-18/h1-4,8-9,12,14-15,18,24-26H,6-7H2/t12-,14-,15-,18-/m1/s1. The predicted octanol–water partition coefficient (Wildman–Crippen LogP) is 0.602. The van der Waals surface area contributed by atoms with Crippen molar-refractivity contribution in [1.82, 2.24) is 19.5 Å². The van der Waals surface area contributed by atoms with Crippen LogP contribution in [0.2, 0.25) is 0 Å². The van der Waals surface area contributed by atoms with Gasteiger partial charge in [-0.05, 0) is 17.7 Å². The van der Waals surface area contributed by atoms with Crippen molar-refractivity contribution in [2.45, 2.75) is 35.3 Å². The Morgan fingerprint density at radius 1 is 1.21 bits per heavy atom. The second-order valence-corrected chi connectivity index (χ2v) is 7.30. The first-order valence-corrected chi connectivity index (χ1v) is 9.52. The summed E-state index contributed by atoms with van der Waals surface area (Å²) in [7, 11) is 0. The zero-order valence-corrected chi connectivity index (χ0v) is 15.4. The van der Waals surface area contributed by atoms with E-state index in [0.29, 0.717) is 27.5 Å². The van der Waals surface area contributed by atoms with Crippen molar-refractivity contribution in [2.24, 2.45) is 0 Å². The van der Waals surface area contributed by atoms with Gasteiger partial charge >= 0.3 is 0 Å². The first-order chi connectivity index (χ1) is 13.6. The van der Waals surface area contributed by atoms with E-state index in [1.54, 1.807) is 6.07 Å². The zero-order chi connectivity index (χ0) is 19.7. The second-order valence-electron chi connectivity index (χ2n) is 6.33. The van der Waals surface area contributed by atoms with Crippen LogP contribution in [0.1, 0.15) is 17.4 Å². The maximum atomic E-state index is 10.3. The largest absolute Gasteiger partial charge is 0.394 e. The summed E-state index contributed by atoms with van der Waals surface area (Å²) in [4.78, 5) is 12.9. The molecule has 28 heavy (non-hydrogen) atoms. The SMILES string of the molecule is N#Cc1cccc(CSc2ncnc3c2ncn3[C@@H]2O[C@H](CO)[C@@H](O)[C@H]2O)c1. The molecule has 1 fully saturated rings. The normalized spacial score (nSPS) is 24.5. The van der Waals surface area contributed by atoms with E-state index in [4.69, 9.17) is 10.00 Å². The summed E-state index contributed by atoms with van der Waals surface area (Å²) < 4.78 is 7.09. The fraction of sp³-hybridized carbons (Fsp3) is 0.333. The van der Waals surface area contributed by atoms with Crippen LogP contribution in [-0.2, 0) is 10.5 Å². The third-order valence-corrected chi connectivity index (χ3v) is 5.60. The quantitative estimate of drug-likeness (QED) is 0.416. The number of aromatic nitrogens is 4. The summed E-state index contributed by atoms with van der Waals surface area (Å²) in [5, 5.41) is 39.2. The summed E-state index contributed by atoms with van der Waals surface area (Å²) in [6.07, 6.45) is -1.32. The van der Waals surface area contributed by atoms with E-state index >= 15 is 0 Å². The number of hydrogen-bond donors (Lipinski definition) is 3. The summed E-state index contributed by atoms with van der Waals surface area (Å²) in [6, 6.07) is 9.46. The summed E-state index contributed by atoms with van der Waals surface area (Å²) in [6.45, 7) is -0.404. The number of ether oxygens (including phenoxy) is 1. The van der Waals surface area contributed by atoms with Gasteiger partial charge < -0.3 is 20.1 Å². The van der Waals surface area contributed by atoms with E-state index in [1.807, 2.05) is 18.2 Å². The van der Waals surface area contributed by atoms with Crippen LogP contribution in [0.5, 0.6) is 0 Å². The topological polar surface area (TPSA) is 137 Å². The van der Waals surface area contributed by atoms with Crippen LogP contribution in [0.25, 0.3) is 11.2 Å². The van der Waals surface area contributed by atoms with Gasteiger partial charge in [-0.2, -0.15) is 5.26 Å². The smallest absolute Gasteiger partial charge is 0.166 e. The van der Waals surface area contributed by atoms with Gasteiger partial charge in [0.15, 0.2) is 11.9 Å². The average Bonchev–Trinajstić information content (AvgIpc) is 3.28. The minimum absolute atomic E-state index is 0.404. The lowest BCUT2D eigenvalue weighted by Crippen LogP contribution is -2.33. The molecule has 1 aromatic carbocycles. The molecule has 1 aliphatic rings. The first-order valence-electron chi connectivity index (χ1n) is 8.54. The molecule has 0 bridgehead atoms. The molecule has 1 aliphatic heterocycles. The molecule has 1 saturated heterocycles. The Labute approximate surface area is 164 Å². The van der Waals surface area contributed by atoms with Gasteiger partial charge in [0.05, 0.1) is 24.6 Å². The highest BCUT2D eigenvalue weighted by molar-refractivity contribution is 7.98. The molecule has 0 unspecified atom stereocenters. The lowest BCUT2D eigenvalue weighted by Gasteiger charge is -2.16. The van der Waals surface area contributed by atoms with E-state index in [0.717, 1.165) is 5.56 Å². The molecule has 144 valence electrons. The van der Waals surface area contributed by atoms with E-state index < -0.39 is 31.1 Å². The van der Waals surface area contributed by atoms with Gasteiger partial charge in [0.1, 0.15) is 35.2 Å². The number of aliphatic hydroxyl groups is 3. The van der Waals surface area contributed by atoms with Crippen LogP contribution in [0.3, 0.4) is 0 Å². The van der Waals surface area contributed by atoms with Crippen molar-refractivity contribution in [3.05, 3.63) is 48.0 Å². The number of aliphatic hydroxyl groups excluding tert-OH is 3. The molecule has 0 radical (unpaired) electrons. The molecular formula is C18H17N5O4S. The fourth-order valence-corrected chi connectivity index (χ4v) is 4.00. The Balaban J connectivity index is 1.59. The molecule has 0 spiro atoms. The van der Waals surface area contributed by atoms with Crippen LogP contribution >= 0.6 is 11.8 Å². The molecular weight excluding hydrogens is 382 g/mol. The molecule has 3 aromatic rings. The van der Waals surface area contributed by atoms with E-state index in [-0.39, 0.29) is 0 Å². The van der Waals surface area contributed by atoms with Gasteiger partial charge in [-0.3, -0.25) is 4.57 Å². The number of imidazole rings is 1. The van der Waals surface area contributed by atoms with Gasteiger partial charge in [0, 0.05) is 5.75 Å². The van der Waals surface area contributed by atoms with Crippen LogP contribution in [0, 0.1) is 11.3 Å². The fourth-order valence-electron chi connectivity index (χ4n) is 3.11. The van der Waals surface area contributed by atoms with E-state index in [2.05, 4.69) is 21.0 Å². The van der Waals surface area contributed by atoms with Gasteiger partial charge in [0.2, 0.25) is 0 Å². The number of thioether (sulfide) groups is 1. The highest BCUT2D eigenvalue weighted by Crippen LogP contribution is 2.33. The molecule has 3 N–H and O–H groups in total. The Kier molecular flexibility index (Phi) is 5.25. The molecule has 9 nitrogen and oxygen atoms in total. The number of nitriles is 1. The molecule has 2 aromatic heterocycles. The van der Waals surface area contributed by atoms with Gasteiger partial charge in [-0.25, -0.2) is 15.0 Å². The molecule has 4 atom stereocenters. The lowest BCUT2D eigenvalue weighted by molar-refractivity contribution is -0.0511. The summed E-state index contributed by atoms with van der Waals surface area (Å²) in [5.41, 5.74) is 2.58. The van der Waals surface area contributed by atoms with Crippen molar-refractivity contribution < 1.29 is 20.1 Å². The van der Waals surface area contributed by atoms with Crippen molar-refractivity contribution >= 4 is 22.9 Å². The lowest BCUT2D eigenvalue weighted by atomic mass is 10.1. The zero-order valence-electron chi connectivity index (χ0n) is 14.6. The van der Waals surface area contributed by atoms with Crippen LogP contribution < -0.4 is 0 Å². The summed E-state index contributed by atoms with van der Waals surface area (Å²) in [5.74, 6) is 0.600. The minimum Gasteiger partial charge on any atom is -0.394 e. The second kappa shape index (κ2) is 7.83. The van der Waals surface area contributed by atoms with Gasteiger partial charge in [-0.15, -0.1) is 0 Å². The van der Waals surface area contributed by atoms with Crippen LogP contribution in [0.15, 0.2) is 41.9 Å². The van der Waals surface area contributed by atoms with Crippen molar-refractivity contribution in [3.8, 4) is 6.07 Å². The van der Waals surface area contributed by atoms with Gasteiger partial charge in [0.25, 0.3) is 0 Å². The van der Waals surface area contributed by atoms with Crippen molar-refractivity contribution in [2.75, 3.05) is 6.61 Å². The van der Waals surface area contributed by atoms with Crippen LogP contribution in [-0.4, -0.2) is 59.8 Å². The number of hydrogen-bond acceptors (Lipinski definition) is 9. The van der Waals surface area contributed by atoms with Crippen LogP contribution in [0.4, 0.5) is 0 Å². The molecule has 10 heteroatoms. The molecule has 4 rings (SSSR count). The van der Waals surface area contributed by atoms with Crippen molar-refractivity contribution in [1.29, 1.82) is 5.26 Å². The molecule has 0 aliphatic carbocycles. The highest BCUT2D eigenvalue weighted by Gasteiger charge is 2.44. The monoisotopic (exact) mass is 399 g/mol. The molecule has 3 heterocycles. The number of nitrogens with zero attached hydrogens (tertiary/aromatic N) is 5. The Morgan fingerprint density at radius 2 is 2.07 bits per heavy atom. The third-order valence-electron chi connectivity index (χ3n) is 4.55. The Morgan fingerprint density at radius 3 is 2.82 bits per heavy atom. The van der Waals surface area contributed by atoms with E-state index in [9.17, 15) is 15.3 Å². The Bertz CT molecular complexity index is 1040. The van der Waals surface area contributed by atoms with E-state index in [1.165, 1.54) is 29.0 Å². The maximum absolute atomic E-state index is 10.3. The number of fused-ring (bicyclic) bond motifs is 1. The average molecular weight is 399 g/mol. The highest BCUT2D eigenvalue weighted by atomic mass is 32.2. The van der Waals surface area contributed by atoms with Crippen molar-refractivity contribution in [3.63, 3.8) is 0 Å². The number of benzene rings is 1. The first kappa shape index (κ1) is 18.8. The predicted molar refractivity (Wildman–Crippen MR) is 99.1 cm³/mol.